The van der Waals surface area contributed by atoms with Gasteiger partial charge in [-0.25, -0.2) is 0 Å². The van der Waals surface area contributed by atoms with Crippen molar-refractivity contribution in [3.05, 3.63) is 24.0 Å². The summed E-state index contributed by atoms with van der Waals surface area (Å²) in [4.78, 5) is 26.9. The molecule has 8 heteroatoms. The minimum Gasteiger partial charge on any atom is -0.344 e. The van der Waals surface area contributed by atoms with Gasteiger partial charge in [0.1, 0.15) is 6.54 Å². The Labute approximate surface area is 119 Å². The second kappa shape index (κ2) is 5.88. The fourth-order valence-corrected chi connectivity index (χ4v) is 2.15. The van der Waals surface area contributed by atoms with Gasteiger partial charge in [0.2, 0.25) is 5.91 Å². The lowest BCUT2D eigenvalue weighted by Gasteiger charge is -2.32. The molecule has 2 heterocycles. The van der Waals surface area contributed by atoms with Crippen LogP contribution in [0.1, 0.15) is 10.4 Å². The maximum atomic E-state index is 12.3. The van der Waals surface area contributed by atoms with Crippen LogP contribution in [0.25, 0.3) is 0 Å². The number of ketones is 1. The Morgan fingerprint density at radius 2 is 1.81 bits per heavy atom. The predicted molar refractivity (Wildman–Crippen MR) is 68.9 cm³/mol. The largest absolute Gasteiger partial charge is 0.454 e. The molecule has 21 heavy (non-hydrogen) atoms. The Balaban J connectivity index is 1.96. The number of aromatic nitrogens is 1. The zero-order valence-corrected chi connectivity index (χ0v) is 11.6. The molecule has 5 nitrogen and oxygen atoms in total. The molecular formula is C13H16F3N3O2. The van der Waals surface area contributed by atoms with Crippen molar-refractivity contribution in [3.63, 3.8) is 0 Å². The Morgan fingerprint density at radius 3 is 2.38 bits per heavy atom. The number of hydrogen-bond donors (Lipinski definition) is 0. The maximum absolute atomic E-state index is 12.3. The molecule has 0 atom stereocenters. The van der Waals surface area contributed by atoms with Gasteiger partial charge < -0.3 is 14.4 Å². The van der Waals surface area contributed by atoms with Crippen molar-refractivity contribution in [3.8, 4) is 0 Å². The fourth-order valence-electron chi connectivity index (χ4n) is 2.15. The zero-order valence-electron chi connectivity index (χ0n) is 11.6. The van der Waals surface area contributed by atoms with Gasteiger partial charge in [0.15, 0.2) is 0 Å². The third-order valence-electron chi connectivity index (χ3n) is 3.44. The lowest BCUT2D eigenvalue weighted by molar-refractivity contribution is -0.133. The van der Waals surface area contributed by atoms with Gasteiger partial charge in [0, 0.05) is 44.1 Å². The molecule has 1 amide bonds. The Morgan fingerprint density at radius 1 is 1.19 bits per heavy atom. The van der Waals surface area contributed by atoms with Crippen molar-refractivity contribution in [1.29, 1.82) is 0 Å². The number of alkyl halides is 3. The Kier molecular flexibility index (Phi) is 4.36. The molecule has 116 valence electrons. The number of rotatable bonds is 3. The highest BCUT2D eigenvalue weighted by molar-refractivity contribution is 6.00. The van der Waals surface area contributed by atoms with Gasteiger partial charge in [0.05, 0.1) is 0 Å². The molecule has 1 aromatic heterocycles. The van der Waals surface area contributed by atoms with Crippen LogP contribution in [0.5, 0.6) is 0 Å². The van der Waals surface area contributed by atoms with Crippen LogP contribution in [-0.2, 0) is 11.3 Å². The summed E-state index contributed by atoms with van der Waals surface area (Å²) >= 11 is 0. The van der Waals surface area contributed by atoms with E-state index in [1.807, 2.05) is 7.05 Å². The summed E-state index contributed by atoms with van der Waals surface area (Å²) in [6.07, 6.45) is -2.52. The minimum atomic E-state index is -4.90. The first kappa shape index (κ1) is 15.6. The van der Waals surface area contributed by atoms with Gasteiger partial charge in [-0.3, -0.25) is 9.59 Å². The van der Waals surface area contributed by atoms with Gasteiger partial charge in [-0.15, -0.1) is 0 Å². The number of hydrogen-bond acceptors (Lipinski definition) is 3. The van der Waals surface area contributed by atoms with Crippen LogP contribution in [0.15, 0.2) is 18.5 Å². The molecule has 1 aliphatic rings. The molecule has 0 spiro atoms. The van der Waals surface area contributed by atoms with Crippen LogP contribution >= 0.6 is 0 Å². The maximum Gasteiger partial charge on any atom is 0.454 e. The average Bonchev–Trinajstić information content (AvgIpc) is 2.85. The van der Waals surface area contributed by atoms with E-state index >= 15 is 0 Å². The second-order valence-electron chi connectivity index (χ2n) is 5.08. The topological polar surface area (TPSA) is 45.5 Å². The molecule has 0 bridgehead atoms. The van der Waals surface area contributed by atoms with E-state index in [0.29, 0.717) is 13.1 Å². The standard InChI is InChI=1S/C13H16F3N3O2/c1-17-4-6-19(7-5-17)11(20)9-18-3-2-10(8-18)12(21)13(14,15)16/h2-3,8H,4-7,9H2,1H3. The quantitative estimate of drug-likeness (QED) is 0.783. The molecule has 0 aromatic carbocycles. The van der Waals surface area contributed by atoms with Crippen molar-refractivity contribution >= 4 is 11.7 Å². The lowest BCUT2D eigenvalue weighted by atomic mass is 10.2. The molecule has 0 aliphatic carbocycles. The number of carbonyl (C=O) groups is 2. The third-order valence-corrected chi connectivity index (χ3v) is 3.44. The van der Waals surface area contributed by atoms with E-state index in [-0.39, 0.29) is 12.5 Å². The van der Waals surface area contributed by atoms with E-state index < -0.39 is 17.5 Å². The number of nitrogens with zero attached hydrogens (tertiary/aromatic N) is 3. The summed E-state index contributed by atoms with van der Waals surface area (Å²) < 4.78 is 38.2. The Bertz CT molecular complexity index is 531. The fraction of sp³-hybridized carbons (Fsp3) is 0.538. The number of amides is 1. The molecule has 0 unspecified atom stereocenters. The smallest absolute Gasteiger partial charge is 0.344 e. The normalized spacial score (nSPS) is 17.0. The SMILES string of the molecule is CN1CCN(C(=O)Cn2ccc(C(=O)C(F)(F)F)c2)CC1. The third kappa shape index (κ3) is 3.84. The number of piperazine rings is 1. The molecule has 1 aliphatic heterocycles. The molecule has 0 saturated carbocycles. The van der Waals surface area contributed by atoms with Gasteiger partial charge in [0.25, 0.3) is 5.78 Å². The monoisotopic (exact) mass is 303 g/mol. The van der Waals surface area contributed by atoms with Crippen molar-refractivity contribution in [2.45, 2.75) is 12.7 Å². The van der Waals surface area contributed by atoms with Crippen LogP contribution in [0.2, 0.25) is 0 Å². The summed E-state index contributed by atoms with van der Waals surface area (Å²) in [7, 11) is 1.96. The highest BCUT2D eigenvalue weighted by atomic mass is 19.4. The lowest BCUT2D eigenvalue weighted by Crippen LogP contribution is -2.48. The van der Waals surface area contributed by atoms with E-state index in [9.17, 15) is 22.8 Å². The van der Waals surface area contributed by atoms with Crippen LogP contribution in [-0.4, -0.2) is 65.5 Å². The van der Waals surface area contributed by atoms with E-state index in [1.54, 1.807) is 4.90 Å². The first-order valence-electron chi connectivity index (χ1n) is 6.51. The Hall–Kier alpha value is -1.83. The van der Waals surface area contributed by atoms with E-state index in [0.717, 1.165) is 25.4 Å². The first-order chi connectivity index (χ1) is 9.77. The number of carbonyl (C=O) groups excluding carboxylic acids is 2. The molecule has 1 saturated heterocycles. The zero-order chi connectivity index (χ0) is 15.6. The van der Waals surface area contributed by atoms with Gasteiger partial charge >= 0.3 is 6.18 Å². The molecule has 2 rings (SSSR count). The summed E-state index contributed by atoms with van der Waals surface area (Å²) in [5.74, 6) is -2.06. The molecule has 0 N–H and O–H groups in total. The van der Waals surface area contributed by atoms with Crippen molar-refractivity contribution in [2.75, 3.05) is 33.2 Å². The van der Waals surface area contributed by atoms with Gasteiger partial charge in [-0.1, -0.05) is 0 Å². The molecule has 0 radical (unpaired) electrons. The van der Waals surface area contributed by atoms with E-state index in [1.165, 1.54) is 10.8 Å². The van der Waals surface area contributed by atoms with Crippen molar-refractivity contribution < 1.29 is 22.8 Å². The molecular weight excluding hydrogens is 287 g/mol. The predicted octanol–water partition coefficient (Wildman–Crippen LogP) is 1.01. The van der Waals surface area contributed by atoms with E-state index in [2.05, 4.69) is 4.90 Å². The molecule has 1 aromatic rings. The molecule has 1 fully saturated rings. The number of Topliss-reactive ketones (excluding diaryl/α,β-unsaturated/α-hetero) is 1. The second-order valence-corrected chi connectivity index (χ2v) is 5.08. The number of likely N-dealkylation sites (N-methyl/N-ethyl adjacent to an activating group) is 1. The number of halogens is 3. The van der Waals surface area contributed by atoms with Crippen molar-refractivity contribution in [2.24, 2.45) is 0 Å². The minimum absolute atomic E-state index is 0.0607. The van der Waals surface area contributed by atoms with Crippen LogP contribution in [0.3, 0.4) is 0 Å². The average molecular weight is 303 g/mol. The summed E-state index contributed by atoms with van der Waals surface area (Å²) in [5, 5.41) is 0. The van der Waals surface area contributed by atoms with Crippen LogP contribution < -0.4 is 0 Å². The van der Waals surface area contributed by atoms with Crippen molar-refractivity contribution in [1.82, 2.24) is 14.4 Å². The van der Waals surface area contributed by atoms with Gasteiger partial charge in [-0.2, -0.15) is 13.2 Å². The summed E-state index contributed by atoms with van der Waals surface area (Å²) in [6.45, 7) is 2.69. The van der Waals surface area contributed by atoms with Crippen LogP contribution in [0.4, 0.5) is 13.2 Å². The van der Waals surface area contributed by atoms with E-state index in [4.69, 9.17) is 0 Å². The van der Waals surface area contributed by atoms with Crippen LogP contribution in [0, 0.1) is 0 Å². The highest BCUT2D eigenvalue weighted by Crippen LogP contribution is 2.21. The van der Waals surface area contributed by atoms with Gasteiger partial charge in [-0.05, 0) is 13.1 Å². The summed E-state index contributed by atoms with van der Waals surface area (Å²) in [6, 6.07) is 1.08. The first-order valence-corrected chi connectivity index (χ1v) is 6.51. The summed E-state index contributed by atoms with van der Waals surface area (Å²) in [5.41, 5.74) is -0.450. The highest BCUT2D eigenvalue weighted by Gasteiger charge is 2.39.